The Morgan fingerprint density at radius 1 is 1.44 bits per heavy atom. The molecule has 2 rings (SSSR count). The van der Waals surface area contributed by atoms with E-state index in [-0.39, 0.29) is 0 Å². The molecule has 1 aromatic rings. The Bertz CT molecular complexity index is 339. The van der Waals surface area contributed by atoms with Crippen molar-refractivity contribution in [3.8, 4) is 0 Å². The average Bonchev–Trinajstić information content (AvgIpc) is 2.62. The summed E-state index contributed by atoms with van der Waals surface area (Å²) >= 11 is 0. The third-order valence-corrected chi connectivity index (χ3v) is 3.53. The minimum atomic E-state index is 0.399. The van der Waals surface area contributed by atoms with Crippen molar-refractivity contribution in [2.45, 2.75) is 38.8 Å². The van der Waals surface area contributed by atoms with Gasteiger partial charge in [0.15, 0.2) is 0 Å². The molecule has 1 aromatic heterocycles. The van der Waals surface area contributed by atoms with Gasteiger partial charge in [-0.05, 0) is 19.9 Å². The Kier molecular flexibility index (Phi) is 3.30. The van der Waals surface area contributed by atoms with E-state index in [2.05, 4.69) is 41.5 Å². The monoisotopic (exact) mass is 222 g/mol. The molecule has 1 atom stereocenters. The fraction of sp³-hybridized carbons (Fsp3) is 0.750. The normalized spacial score (nSPS) is 20.1. The average molecular weight is 222 g/mol. The number of nitrogens with two attached hydrogens (primary N) is 1. The minimum Gasteiger partial charge on any atom is -0.330 e. The van der Waals surface area contributed by atoms with Crippen LogP contribution in [0.5, 0.6) is 0 Å². The highest BCUT2D eigenvalue weighted by atomic mass is 15.4. The van der Waals surface area contributed by atoms with Gasteiger partial charge in [0.2, 0.25) is 0 Å². The number of rotatable bonds is 4. The number of hydrogen-bond acceptors (Lipinski definition) is 3. The maximum Gasteiger partial charge on any atom is 0.0776 e. The molecule has 0 radical (unpaired) electrons. The molecule has 1 aliphatic heterocycles. The molecule has 0 aliphatic carbocycles. The standard InChI is InChI=1S/C12H22N4/c1-9(2)15-7-11(8-15)16-12(4-5-14-16)10(3)6-13/h4-5,9-11H,6-8,13H2,1-3H3. The van der Waals surface area contributed by atoms with Crippen molar-refractivity contribution in [1.29, 1.82) is 0 Å². The van der Waals surface area contributed by atoms with E-state index in [1.165, 1.54) is 5.69 Å². The van der Waals surface area contributed by atoms with Crippen LogP contribution in [-0.2, 0) is 0 Å². The van der Waals surface area contributed by atoms with E-state index in [1.54, 1.807) is 0 Å². The quantitative estimate of drug-likeness (QED) is 0.833. The Balaban J connectivity index is 2.04. The maximum absolute atomic E-state index is 5.72. The Morgan fingerprint density at radius 3 is 2.69 bits per heavy atom. The first-order valence-electron chi connectivity index (χ1n) is 6.11. The van der Waals surface area contributed by atoms with Gasteiger partial charge in [-0.25, -0.2) is 0 Å². The maximum atomic E-state index is 5.72. The molecular weight excluding hydrogens is 200 g/mol. The molecule has 2 N–H and O–H groups in total. The van der Waals surface area contributed by atoms with Crippen molar-refractivity contribution in [2.75, 3.05) is 19.6 Å². The van der Waals surface area contributed by atoms with Crippen molar-refractivity contribution < 1.29 is 0 Å². The smallest absolute Gasteiger partial charge is 0.0776 e. The third kappa shape index (κ3) is 1.99. The van der Waals surface area contributed by atoms with Gasteiger partial charge in [0, 0.05) is 43.5 Å². The van der Waals surface area contributed by atoms with Crippen LogP contribution < -0.4 is 5.73 Å². The van der Waals surface area contributed by atoms with E-state index < -0.39 is 0 Å². The highest BCUT2D eigenvalue weighted by Gasteiger charge is 2.31. The first-order valence-corrected chi connectivity index (χ1v) is 6.11. The van der Waals surface area contributed by atoms with E-state index >= 15 is 0 Å². The minimum absolute atomic E-state index is 0.399. The lowest BCUT2D eigenvalue weighted by Gasteiger charge is -2.42. The molecule has 16 heavy (non-hydrogen) atoms. The molecule has 0 bridgehead atoms. The van der Waals surface area contributed by atoms with Crippen LogP contribution in [0, 0.1) is 0 Å². The van der Waals surface area contributed by atoms with Gasteiger partial charge in [-0.1, -0.05) is 6.92 Å². The zero-order valence-corrected chi connectivity index (χ0v) is 10.4. The number of aromatic nitrogens is 2. The van der Waals surface area contributed by atoms with Gasteiger partial charge in [-0.15, -0.1) is 0 Å². The van der Waals surface area contributed by atoms with Crippen LogP contribution in [0.2, 0.25) is 0 Å². The molecule has 0 saturated carbocycles. The van der Waals surface area contributed by atoms with Crippen LogP contribution in [0.4, 0.5) is 0 Å². The Labute approximate surface area is 97.4 Å². The molecular formula is C12H22N4. The van der Waals surface area contributed by atoms with Gasteiger partial charge in [-0.3, -0.25) is 9.58 Å². The highest BCUT2D eigenvalue weighted by molar-refractivity contribution is 5.10. The number of likely N-dealkylation sites (tertiary alicyclic amines) is 1. The van der Waals surface area contributed by atoms with Crippen LogP contribution in [-0.4, -0.2) is 40.4 Å². The molecule has 4 heteroatoms. The zero-order valence-electron chi connectivity index (χ0n) is 10.4. The molecule has 4 nitrogen and oxygen atoms in total. The third-order valence-electron chi connectivity index (χ3n) is 3.53. The van der Waals surface area contributed by atoms with Gasteiger partial charge >= 0.3 is 0 Å². The zero-order chi connectivity index (χ0) is 11.7. The summed E-state index contributed by atoms with van der Waals surface area (Å²) < 4.78 is 2.16. The molecule has 1 unspecified atom stereocenters. The molecule has 1 fully saturated rings. The Morgan fingerprint density at radius 2 is 2.12 bits per heavy atom. The summed E-state index contributed by atoms with van der Waals surface area (Å²) in [5, 5.41) is 4.44. The molecule has 1 saturated heterocycles. The summed E-state index contributed by atoms with van der Waals surface area (Å²) in [6.07, 6.45) is 1.89. The lowest BCUT2D eigenvalue weighted by atomic mass is 10.0. The summed E-state index contributed by atoms with van der Waals surface area (Å²) in [6, 6.07) is 3.28. The fourth-order valence-electron chi connectivity index (χ4n) is 2.20. The van der Waals surface area contributed by atoms with Crippen molar-refractivity contribution in [3.05, 3.63) is 18.0 Å². The van der Waals surface area contributed by atoms with Gasteiger partial charge < -0.3 is 5.73 Å². The second-order valence-corrected chi connectivity index (χ2v) is 5.04. The van der Waals surface area contributed by atoms with Crippen LogP contribution in [0.15, 0.2) is 12.3 Å². The fourth-order valence-corrected chi connectivity index (χ4v) is 2.20. The van der Waals surface area contributed by atoms with Crippen molar-refractivity contribution >= 4 is 0 Å². The van der Waals surface area contributed by atoms with Crippen molar-refractivity contribution in [1.82, 2.24) is 14.7 Å². The van der Waals surface area contributed by atoms with Crippen molar-refractivity contribution in [2.24, 2.45) is 5.73 Å². The Hall–Kier alpha value is -0.870. The lowest BCUT2D eigenvalue weighted by Crippen LogP contribution is -2.51. The predicted molar refractivity (Wildman–Crippen MR) is 65.4 cm³/mol. The topological polar surface area (TPSA) is 47.1 Å². The highest BCUT2D eigenvalue weighted by Crippen LogP contribution is 2.26. The summed E-state index contributed by atoms with van der Waals surface area (Å²) in [5.74, 6) is 0.399. The van der Waals surface area contributed by atoms with E-state index in [9.17, 15) is 0 Å². The molecule has 1 aliphatic rings. The van der Waals surface area contributed by atoms with Gasteiger partial charge in [0.25, 0.3) is 0 Å². The first-order chi connectivity index (χ1) is 7.63. The van der Waals surface area contributed by atoms with E-state index in [4.69, 9.17) is 5.73 Å². The van der Waals surface area contributed by atoms with Gasteiger partial charge in [0.05, 0.1) is 6.04 Å². The van der Waals surface area contributed by atoms with Gasteiger partial charge in [0.1, 0.15) is 0 Å². The number of nitrogens with zero attached hydrogens (tertiary/aromatic N) is 3. The lowest BCUT2D eigenvalue weighted by molar-refractivity contribution is 0.0653. The molecule has 2 heterocycles. The van der Waals surface area contributed by atoms with Gasteiger partial charge in [-0.2, -0.15) is 5.10 Å². The van der Waals surface area contributed by atoms with E-state index in [1.807, 2.05) is 6.20 Å². The molecule has 90 valence electrons. The molecule has 0 aromatic carbocycles. The summed E-state index contributed by atoms with van der Waals surface area (Å²) in [4.78, 5) is 2.46. The summed E-state index contributed by atoms with van der Waals surface area (Å²) in [7, 11) is 0. The van der Waals surface area contributed by atoms with E-state index in [0.717, 1.165) is 13.1 Å². The SMILES string of the molecule is CC(CN)c1ccnn1C1CN(C(C)C)C1. The van der Waals surface area contributed by atoms with Crippen molar-refractivity contribution in [3.63, 3.8) is 0 Å². The first kappa shape index (κ1) is 11.6. The molecule has 0 amide bonds. The van der Waals surface area contributed by atoms with Crippen LogP contribution in [0.3, 0.4) is 0 Å². The molecule has 0 spiro atoms. The second-order valence-electron chi connectivity index (χ2n) is 5.04. The second kappa shape index (κ2) is 4.55. The van der Waals surface area contributed by atoms with Crippen LogP contribution in [0.25, 0.3) is 0 Å². The van der Waals surface area contributed by atoms with E-state index in [0.29, 0.717) is 24.5 Å². The largest absolute Gasteiger partial charge is 0.330 e. The number of hydrogen-bond donors (Lipinski definition) is 1. The summed E-state index contributed by atoms with van der Waals surface area (Å²) in [6.45, 7) is 9.55. The summed E-state index contributed by atoms with van der Waals surface area (Å²) in [5.41, 5.74) is 6.99. The van der Waals surface area contributed by atoms with Crippen LogP contribution in [0.1, 0.15) is 38.4 Å². The predicted octanol–water partition coefficient (Wildman–Crippen LogP) is 1.21. The van der Waals surface area contributed by atoms with Crippen LogP contribution >= 0.6 is 0 Å².